The van der Waals surface area contributed by atoms with Crippen LogP contribution in [0.5, 0.6) is 5.75 Å². The molecule has 0 radical (unpaired) electrons. The molecule has 1 atom stereocenters. The van der Waals surface area contributed by atoms with Gasteiger partial charge in [0.1, 0.15) is 5.75 Å². The second-order valence-corrected chi connectivity index (χ2v) is 6.20. The number of amides is 1. The molecule has 2 aromatic rings. The zero-order chi connectivity index (χ0) is 20.4. The van der Waals surface area contributed by atoms with E-state index in [1.54, 1.807) is 0 Å². The molecule has 0 aromatic heterocycles. The average molecular weight is 412 g/mol. The maximum Gasteiger partial charge on any atom is 0.416 e. The maximum atomic E-state index is 13.5. The highest BCUT2D eigenvalue weighted by Gasteiger charge is 2.54. The summed E-state index contributed by atoms with van der Waals surface area (Å²) in [7, 11) is 0. The summed E-state index contributed by atoms with van der Waals surface area (Å²) in [5, 5.41) is 22.4. The maximum absolute atomic E-state index is 13.5. The molecular weight excluding hydrogens is 404 g/mol. The molecule has 27 heavy (non-hydrogen) atoms. The van der Waals surface area contributed by atoms with E-state index >= 15 is 0 Å². The highest BCUT2D eigenvalue weighted by atomic mass is 35.5. The highest BCUT2D eigenvalue weighted by Crippen LogP contribution is 2.51. The Morgan fingerprint density at radius 2 is 1.63 bits per heavy atom. The number of carbonyl (C=O) groups excluding carboxylic acids is 1. The number of nitrogens with one attached hydrogen (secondary N) is 1. The first-order valence-corrected chi connectivity index (χ1v) is 7.49. The molecule has 3 rings (SSSR count). The molecule has 2 aromatic carbocycles. The average Bonchev–Trinajstić information content (AvgIpc) is 2.79. The van der Waals surface area contributed by atoms with E-state index in [9.17, 15) is 41.4 Å². The lowest BCUT2D eigenvalue weighted by Crippen LogP contribution is -2.37. The number of hydrogen-bond acceptors (Lipinski definition) is 3. The summed E-state index contributed by atoms with van der Waals surface area (Å²) in [5.74, 6) is -2.22. The number of phenols is 1. The largest absolute Gasteiger partial charge is 0.508 e. The minimum Gasteiger partial charge on any atom is -0.508 e. The quantitative estimate of drug-likeness (QED) is 0.614. The van der Waals surface area contributed by atoms with Crippen LogP contribution in [-0.2, 0) is 22.7 Å². The van der Waals surface area contributed by atoms with Gasteiger partial charge in [-0.1, -0.05) is 11.6 Å². The number of rotatable bonds is 1. The van der Waals surface area contributed by atoms with Gasteiger partial charge in [-0.25, -0.2) is 0 Å². The van der Waals surface area contributed by atoms with Gasteiger partial charge in [-0.05, 0) is 30.3 Å². The molecular formula is C16H8ClF6NO3. The lowest BCUT2D eigenvalue weighted by Gasteiger charge is -2.26. The van der Waals surface area contributed by atoms with E-state index in [2.05, 4.69) is 0 Å². The van der Waals surface area contributed by atoms with E-state index in [-0.39, 0.29) is 17.2 Å². The third kappa shape index (κ3) is 2.98. The molecule has 0 aliphatic carbocycles. The SMILES string of the molecule is O=C1Nc2cc(C(F)(F)F)cc(C(F)(F)F)c2C1(O)c1cc(Cl)ccc1O. The molecule has 144 valence electrons. The van der Waals surface area contributed by atoms with Crippen molar-refractivity contribution in [2.75, 3.05) is 5.32 Å². The zero-order valence-corrected chi connectivity index (χ0v) is 13.6. The Labute approximate surface area is 152 Å². The van der Waals surface area contributed by atoms with E-state index in [1.807, 2.05) is 5.32 Å². The predicted molar refractivity (Wildman–Crippen MR) is 81.2 cm³/mol. The fourth-order valence-corrected chi connectivity index (χ4v) is 3.07. The molecule has 1 heterocycles. The Balaban J connectivity index is 2.40. The van der Waals surface area contributed by atoms with Gasteiger partial charge in [-0.2, -0.15) is 26.3 Å². The molecule has 3 N–H and O–H groups in total. The Hall–Kier alpha value is -2.46. The van der Waals surface area contributed by atoms with Crippen molar-refractivity contribution in [3.63, 3.8) is 0 Å². The summed E-state index contributed by atoms with van der Waals surface area (Å²) in [6, 6.07) is 3.00. The Morgan fingerprint density at radius 1 is 1.00 bits per heavy atom. The first-order chi connectivity index (χ1) is 12.3. The summed E-state index contributed by atoms with van der Waals surface area (Å²) in [5.41, 5.74) is -9.34. The summed E-state index contributed by atoms with van der Waals surface area (Å²) >= 11 is 5.72. The third-order valence-corrected chi connectivity index (χ3v) is 4.29. The van der Waals surface area contributed by atoms with Gasteiger partial charge in [0.05, 0.1) is 11.1 Å². The van der Waals surface area contributed by atoms with Gasteiger partial charge >= 0.3 is 12.4 Å². The smallest absolute Gasteiger partial charge is 0.416 e. The van der Waals surface area contributed by atoms with E-state index in [0.717, 1.165) is 18.2 Å². The topological polar surface area (TPSA) is 69.6 Å². The second kappa shape index (κ2) is 5.77. The van der Waals surface area contributed by atoms with Crippen LogP contribution >= 0.6 is 11.6 Å². The van der Waals surface area contributed by atoms with Crippen LogP contribution in [0.3, 0.4) is 0 Å². The summed E-state index contributed by atoms with van der Waals surface area (Å²) < 4.78 is 79.3. The number of hydrogen-bond donors (Lipinski definition) is 3. The Bertz CT molecular complexity index is 956. The standard InChI is InChI=1S/C16H8ClF6NO3/c17-7-1-2-11(25)8(5-7)14(27)12-9(16(21,22)23)3-6(15(18,19)20)4-10(12)24-13(14)26/h1-5,25,27H,(H,24,26). The van der Waals surface area contributed by atoms with Crippen molar-refractivity contribution in [1.29, 1.82) is 0 Å². The fourth-order valence-electron chi connectivity index (χ4n) is 2.90. The molecule has 1 amide bonds. The molecule has 4 nitrogen and oxygen atoms in total. The Morgan fingerprint density at radius 3 is 2.19 bits per heavy atom. The van der Waals surface area contributed by atoms with Gasteiger partial charge in [-0.3, -0.25) is 4.79 Å². The molecule has 0 fully saturated rings. The van der Waals surface area contributed by atoms with Gasteiger partial charge in [0.25, 0.3) is 5.91 Å². The number of alkyl halides is 6. The molecule has 1 aliphatic rings. The lowest BCUT2D eigenvalue weighted by atomic mass is 9.83. The van der Waals surface area contributed by atoms with Gasteiger partial charge in [0, 0.05) is 21.8 Å². The molecule has 11 heteroatoms. The van der Waals surface area contributed by atoms with Crippen LogP contribution in [0.1, 0.15) is 22.3 Å². The van der Waals surface area contributed by atoms with Crippen LogP contribution in [-0.4, -0.2) is 16.1 Å². The number of anilines is 1. The van der Waals surface area contributed by atoms with Crippen LogP contribution in [0.15, 0.2) is 30.3 Å². The van der Waals surface area contributed by atoms with Crippen LogP contribution in [0.2, 0.25) is 5.02 Å². The van der Waals surface area contributed by atoms with Gasteiger partial charge in [0.15, 0.2) is 0 Å². The first-order valence-electron chi connectivity index (χ1n) is 7.12. The summed E-state index contributed by atoms with van der Waals surface area (Å²) in [4.78, 5) is 12.3. The Kier molecular flexibility index (Phi) is 4.12. The lowest BCUT2D eigenvalue weighted by molar-refractivity contribution is -0.145. The van der Waals surface area contributed by atoms with Crippen LogP contribution in [0, 0.1) is 0 Å². The minimum absolute atomic E-state index is 0.127. The van der Waals surface area contributed by atoms with Crippen molar-refractivity contribution in [3.8, 4) is 5.75 Å². The molecule has 0 saturated heterocycles. The van der Waals surface area contributed by atoms with E-state index < -0.39 is 57.6 Å². The van der Waals surface area contributed by atoms with Crippen molar-refractivity contribution in [3.05, 3.63) is 57.6 Å². The molecule has 1 aliphatic heterocycles. The van der Waals surface area contributed by atoms with Crippen LogP contribution < -0.4 is 5.32 Å². The van der Waals surface area contributed by atoms with Crippen molar-refractivity contribution in [2.24, 2.45) is 0 Å². The van der Waals surface area contributed by atoms with Gasteiger partial charge in [0.2, 0.25) is 5.60 Å². The first kappa shape index (κ1) is 19.3. The van der Waals surface area contributed by atoms with E-state index in [1.165, 1.54) is 0 Å². The number of benzene rings is 2. The monoisotopic (exact) mass is 411 g/mol. The van der Waals surface area contributed by atoms with Crippen molar-refractivity contribution in [1.82, 2.24) is 0 Å². The van der Waals surface area contributed by atoms with Gasteiger partial charge in [-0.15, -0.1) is 0 Å². The number of aliphatic hydroxyl groups is 1. The number of carbonyl (C=O) groups is 1. The molecule has 1 unspecified atom stereocenters. The van der Waals surface area contributed by atoms with Crippen LogP contribution in [0.25, 0.3) is 0 Å². The highest BCUT2D eigenvalue weighted by molar-refractivity contribution is 6.30. The number of phenolic OH excluding ortho intramolecular Hbond substituents is 1. The van der Waals surface area contributed by atoms with Crippen molar-refractivity contribution < 1.29 is 41.4 Å². The molecule has 0 spiro atoms. The predicted octanol–water partition coefficient (Wildman–Crippen LogP) is 4.27. The van der Waals surface area contributed by atoms with Gasteiger partial charge < -0.3 is 15.5 Å². The molecule has 0 bridgehead atoms. The van der Waals surface area contributed by atoms with E-state index in [4.69, 9.17) is 11.6 Å². The number of halogens is 7. The van der Waals surface area contributed by atoms with E-state index in [0.29, 0.717) is 0 Å². The third-order valence-electron chi connectivity index (χ3n) is 4.06. The fraction of sp³-hybridized carbons (Fsp3) is 0.188. The summed E-state index contributed by atoms with van der Waals surface area (Å²) in [6.45, 7) is 0. The normalized spacial score (nSPS) is 19.8. The summed E-state index contributed by atoms with van der Waals surface area (Å²) in [6.07, 6.45) is -10.5. The number of aromatic hydroxyl groups is 1. The molecule has 0 saturated carbocycles. The van der Waals surface area contributed by atoms with Crippen molar-refractivity contribution >= 4 is 23.2 Å². The van der Waals surface area contributed by atoms with Crippen LogP contribution in [0.4, 0.5) is 32.0 Å². The zero-order valence-electron chi connectivity index (χ0n) is 12.8. The second-order valence-electron chi connectivity index (χ2n) is 5.77. The van der Waals surface area contributed by atoms with Crippen molar-refractivity contribution in [2.45, 2.75) is 18.0 Å². The number of fused-ring (bicyclic) bond motifs is 1. The minimum atomic E-state index is -5.33.